The Morgan fingerprint density at radius 3 is 2.84 bits per heavy atom. The highest BCUT2D eigenvalue weighted by molar-refractivity contribution is 7.17. The fourth-order valence-corrected chi connectivity index (χ4v) is 3.02. The van der Waals surface area contributed by atoms with E-state index in [1.54, 1.807) is 23.7 Å². The van der Waals surface area contributed by atoms with Gasteiger partial charge in [-0.3, -0.25) is 4.98 Å². The van der Waals surface area contributed by atoms with E-state index in [1.807, 2.05) is 29.6 Å². The Morgan fingerprint density at radius 2 is 2.00 bits per heavy atom. The van der Waals surface area contributed by atoms with Crippen molar-refractivity contribution in [2.45, 2.75) is 6.10 Å². The third kappa shape index (κ3) is 2.07. The minimum Gasteiger partial charge on any atom is -0.480 e. The molecule has 1 aromatic carbocycles. The fraction of sp³-hybridized carbons (Fsp3) is 0.143. The molecule has 2 heterocycles. The predicted molar refractivity (Wildman–Crippen MR) is 74.5 cm³/mol. The van der Waals surface area contributed by atoms with Gasteiger partial charge in [-0.15, -0.1) is 11.3 Å². The van der Waals surface area contributed by atoms with E-state index in [4.69, 9.17) is 4.74 Å². The first kappa shape index (κ1) is 12.1. The predicted octanol–water partition coefficient (Wildman–Crippen LogP) is 2.78. The Morgan fingerprint density at radius 1 is 1.21 bits per heavy atom. The molecule has 3 rings (SSSR count). The molecule has 0 fully saturated rings. The summed E-state index contributed by atoms with van der Waals surface area (Å²) in [5.41, 5.74) is 1.27. The van der Waals surface area contributed by atoms with Gasteiger partial charge in [-0.1, -0.05) is 18.2 Å². The zero-order valence-electron chi connectivity index (χ0n) is 10.3. The number of aliphatic hydroxyl groups excluding tert-OH is 1. The highest BCUT2D eigenvalue weighted by Crippen LogP contribution is 2.34. The van der Waals surface area contributed by atoms with Crippen molar-refractivity contribution in [1.29, 1.82) is 0 Å². The van der Waals surface area contributed by atoms with E-state index in [0.29, 0.717) is 11.6 Å². The van der Waals surface area contributed by atoms with Crippen LogP contribution in [0.4, 0.5) is 0 Å². The first-order valence-corrected chi connectivity index (χ1v) is 6.68. The number of hydrogen-bond acceptors (Lipinski definition) is 5. The van der Waals surface area contributed by atoms with Crippen LogP contribution in [0.1, 0.15) is 17.4 Å². The van der Waals surface area contributed by atoms with Gasteiger partial charge in [0.05, 0.1) is 7.11 Å². The molecule has 5 heteroatoms. The summed E-state index contributed by atoms with van der Waals surface area (Å²) in [6, 6.07) is 7.97. The Balaban J connectivity index is 2.11. The van der Waals surface area contributed by atoms with Crippen molar-refractivity contribution < 1.29 is 9.84 Å². The zero-order chi connectivity index (χ0) is 13.2. The van der Waals surface area contributed by atoms with E-state index < -0.39 is 6.10 Å². The molecule has 0 bridgehead atoms. The van der Waals surface area contributed by atoms with Gasteiger partial charge < -0.3 is 9.84 Å². The van der Waals surface area contributed by atoms with Crippen LogP contribution in [0.25, 0.3) is 10.1 Å². The number of rotatable bonds is 3. The summed E-state index contributed by atoms with van der Waals surface area (Å²) in [4.78, 5) is 8.25. The largest absolute Gasteiger partial charge is 0.480 e. The molecule has 0 saturated carbocycles. The topological polar surface area (TPSA) is 55.2 Å². The maximum Gasteiger partial charge on any atom is 0.238 e. The molecule has 1 N–H and O–H groups in total. The van der Waals surface area contributed by atoms with Crippen molar-refractivity contribution in [3.8, 4) is 5.88 Å². The Hall–Kier alpha value is -1.98. The zero-order valence-corrected chi connectivity index (χ0v) is 11.1. The minimum absolute atomic E-state index is 0.352. The van der Waals surface area contributed by atoms with Crippen molar-refractivity contribution >= 4 is 21.4 Å². The van der Waals surface area contributed by atoms with Crippen LogP contribution < -0.4 is 4.74 Å². The summed E-state index contributed by atoms with van der Waals surface area (Å²) in [7, 11) is 1.52. The van der Waals surface area contributed by atoms with Gasteiger partial charge >= 0.3 is 0 Å². The smallest absolute Gasteiger partial charge is 0.238 e. The molecule has 3 aromatic rings. The number of aromatic nitrogens is 2. The summed E-state index contributed by atoms with van der Waals surface area (Å²) in [6.45, 7) is 0. The second-order valence-electron chi connectivity index (χ2n) is 4.04. The number of fused-ring (bicyclic) bond motifs is 1. The summed E-state index contributed by atoms with van der Waals surface area (Å²) < 4.78 is 6.28. The average Bonchev–Trinajstić information content (AvgIpc) is 2.90. The van der Waals surface area contributed by atoms with Crippen LogP contribution in [-0.2, 0) is 0 Å². The number of thiophene rings is 1. The lowest BCUT2D eigenvalue weighted by molar-refractivity contribution is 0.209. The van der Waals surface area contributed by atoms with Gasteiger partial charge in [-0.25, -0.2) is 4.98 Å². The fourth-order valence-electron chi connectivity index (χ4n) is 2.04. The lowest BCUT2D eigenvalue weighted by Gasteiger charge is -2.11. The number of methoxy groups -OCH3 is 1. The standard InChI is InChI=1S/C14H12N2O2S/c1-18-14-12(15-6-7-16-14)13(17)10-8-19-11-5-3-2-4-9(10)11/h2-8,13,17H,1H3. The molecule has 0 radical (unpaired) electrons. The molecule has 0 aliphatic carbocycles. The second kappa shape index (κ2) is 4.95. The first-order valence-electron chi connectivity index (χ1n) is 5.80. The third-order valence-electron chi connectivity index (χ3n) is 2.95. The Kier molecular flexibility index (Phi) is 3.15. The van der Waals surface area contributed by atoms with Crippen LogP contribution in [0.2, 0.25) is 0 Å². The molecule has 1 unspecified atom stereocenters. The number of nitrogens with zero attached hydrogens (tertiary/aromatic N) is 2. The van der Waals surface area contributed by atoms with Crippen molar-refractivity contribution in [2.24, 2.45) is 0 Å². The van der Waals surface area contributed by atoms with Gasteiger partial charge in [0, 0.05) is 22.7 Å². The van der Waals surface area contributed by atoms with Gasteiger partial charge in [-0.2, -0.15) is 0 Å². The molecular weight excluding hydrogens is 260 g/mol. The van der Waals surface area contributed by atoms with Crippen molar-refractivity contribution in [2.75, 3.05) is 7.11 Å². The van der Waals surface area contributed by atoms with E-state index in [9.17, 15) is 5.11 Å². The summed E-state index contributed by atoms with van der Waals surface area (Å²) >= 11 is 1.60. The van der Waals surface area contributed by atoms with Gasteiger partial charge in [0.1, 0.15) is 11.8 Å². The lowest BCUT2D eigenvalue weighted by atomic mass is 10.1. The van der Waals surface area contributed by atoms with Crippen LogP contribution in [0.15, 0.2) is 42.0 Å². The van der Waals surface area contributed by atoms with E-state index in [-0.39, 0.29) is 0 Å². The number of aliphatic hydroxyl groups is 1. The lowest BCUT2D eigenvalue weighted by Crippen LogP contribution is -2.05. The monoisotopic (exact) mass is 272 g/mol. The van der Waals surface area contributed by atoms with Crippen LogP contribution in [0, 0.1) is 0 Å². The van der Waals surface area contributed by atoms with Crippen LogP contribution in [0.3, 0.4) is 0 Å². The molecule has 0 saturated heterocycles. The molecule has 0 aliphatic rings. The van der Waals surface area contributed by atoms with Crippen LogP contribution in [-0.4, -0.2) is 22.2 Å². The van der Waals surface area contributed by atoms with Crippen molar-refractivity contribution in [3.05, 3.63) is 53.3 Å². The van der Waals surface area contributed by atoms with E-state index in [2.05, 4.69) is 9.97 Å². The molecule has 0 amide bonds. The minimum atomic E-state index is -0.834. The molecule has 96 valence electrons. The van der Waals surface area contributed by atoms with E-state index >= 15 is 0 Å². The van der Waals surface area contributed by atoms with Crippen LogP contribution >= 0.6 is 11.3 Å². The quantitative estimate of drug-likeness (QED) is 0.796. The summed E-state index contributed by atoms with van der Waals surface area (Å²) in [6.07, 6.45) is 2.26. The summed E-state index contributed by atoms with van der Waals surface area (Å²) in [5.74, 6) is 0.352. The average molecular weight is 272 g/mol. The molecule has 19 heavy (non-hydrogen) atoms. The normalized spacial score (nSPS) is 12.5. The Labute approximate surface area is 114 Å². The maximum absolute atomic E-state index is 10.5. The van der Waals surface area contributed by atoms with Crippen LogP contribution in [0.5, 0.6) is 5.88 Å². The first-order chi connectivity index (χ1) is 9.31. The summed E-state index contributed by atoms with van der Waals surface area (Å²) in [5, 5.41) is 13.5. The molecular formula is C14H12N2O2S. The molecule has 4 nitrogen and oxygen atoms in total. The molecule has 1 atom stereocenters. The third-order valence-corrected chi connectivity index (χ3v) is 3.93. The SMILES string of the molecule is COc1nccnc1C(O)c1csc2ccccc12. The number of ether oxygens (including phenoxy) is 1. The highest BCUT2D eigenvalue weighted by atomic mass is 32.1. The van der Waals surface area contributed by atoms with Crippen molar-refractivity contribution in [1.82, 2.24) is 9.97 Å². The van der Waals surface area contributed by atoms with Crippen molar-refractivity contribution in [3.63, 3.8) is 0 Å². The van der Waals surface area contributed by atoms with E-state index in [1.165, 1.54) is 7.11 Å². The molecule has 0 aliphatic heterocycles. The van der Waals surface area contributed by atoms with Gasteiger partial charge in [0.25, 0.3) is 0 Å². The van der Waals surface area contributed by atoms with Gasteiger partial charge in [-0.05, 0) is 16.8 Å². The van der Waals surface area contributed by atoms with E-state index in [0.717, 1.165) is 15.6 Å². The maximum atomic E-state index is 10.5. The highest BCUT2D eigenvalue weighted by Gasteiger charge is 2.20. The molecule has 0 spiro atoms. The van der Waals surface area contributed by atoms with Gasteiger partial charge in [0.2, 0.25) is 5.88 Å². The second-order valence-corrected chi connectivity index (χ2v) is 4.95. The number of benzene rings is 1. The van der Waals surface area contributed by atoms with Gasteiger partial charge in [0.15, 0.2) is 0 Å². The number of hydrogen-bond donors (Lipinski definition) is 1. The Bertz CT molecular complexity index is 711. The molecule has 2 aromatic heterocycles.